The first-order chi connectivity index (χ1) is 23.6. The SMILES string of the molecule is COC(=O)COCCOCCOCCOCCOCCOCCOCCOCCOCCOCCOCCOCCN1C(=O)C=CC1=O. The summed E-state index contributed by atoms with van der Waals surface area (Å²) >= 11 is 0. The first-order valence-corrected chi connectivity index (χ1v) is 16.2. The number of hydrogen-bond acceptors (Lipinski definition) is 16. The summed E-state index contributed by atoms with van der Waals surface area (Å²) in [5, 5.41) is 0. The van der Waals surface area contributed by atoms with Gasteiger partial charge in [-0.2, -0.15) is 0 Å². The highest BCUT2D eigenvalue weighted by molar-refractivity contribution is 6.12. The quantitative estimate of drug-likeness (QED) is 0.0449. The lowest BCUT2D eigenvalue weighted by atomic mass is 10.5. The second kappa shape index (κ2) is 34.7. The van der Waals surface area contributed by atoms with Crippen molar-refractivity contribution in [1.29, 1.82) is 0 Å². The Hall–Kier alpha value is -2.13. The summed E-state index contributed by atoms with van der Waals surface area (Å²) in [4.78, 5) is 34.8. The molecule has 0 bridgehead atoms. The number of imide groups is 1. The maximum Gasteiger partial charge on any atom is 0.331 e. The molecule has 1 heterocycles. The minimum Gasteiger partial charge on any atom is -0.467 e. The van der Waals surface area contributed by atoms with Gasteiger partial charge in [-0.1, -0.05) is 0 Å². The van der Waals surface area contributed by atoms with E-state index in [2.05, 4.69) is 4.74 Å². The van der Waals surface area contributed by atoms with E-state index >= 15 is 0 Å². The molecule has 0 unspecified atom stereocenters. The number of carbonyl (C=O) groups is 3. The average Bonchev–Trinajstić information content (AvgIpc) is 3.41. The molecule has 0 fully saturated rings. The lowest BCUT2D eigenvalue weighted by Gasteiger charge is -2.13. The van der Waals surface area contributed by atoms with Gasteiger partial charge in [0.05, 0.1) is 166 Å². The van der Waals surface area contributed by atoms with Crippen molar-refractivity contribution in [3.05, 3.63) is 12.2 Å². The van der Waals surface area contributed by atoms with Crippen LogP contribution in [0.5, 0.6) is 0 Å². The molecule has 17 heteroatoms. The summed E-state index contributed by atoms with van der Waals surface area (Å²) in [6, 6.07) is 0. The molecule has 1 aliphatic rings. The summed E-state index contributed by atoms with van der Waals surface area (Å²) in [5.41, 5.74) is 0. The van der Waals surface area contributed by atoms with Crippen LogP contribution in [-0.2, 0) is 76.0 Å². The van der Waals surface area contributed by atoms with E-state index in [1.165, 1.54) is 19.3 Å². The van der Waals surface area contributed by atoms with Gasteiger partial charge >= 0.3 is 5.97 Å². The monoisotopic (exact) mass is 697 g/mol. The number of hydrogen-bond donors (Lipinski definition) is 0. The Morgan fingerprint density at radius 3 is 0.896 bits per heavy atom. The molecule has 0 aromatic rings. The highest BCUT2D eigenvalue weighted by Crippen LogP contribution is 2.02. The summed E-state index contributed by atoms with van der Waals surface area (Å²) < 4.78 is 69.1. The fraction of sp³-hybridized carbons (Fsp3) is 0.839. The van der Waals surface area contributed by atoms with Gasteiger partial charge in [0.1, 0.15) is 6.61 Å². The molecule has 0 spiro atoms. The Morgan fingerprint density at radius 2 is 0.646 bits per heavy atom. The highest BCUT2D eigenvalue weighted by Gasteiger charge is 2.22. The molecule has 0 N–H and O–H groups in total. The zero-order valence-corrected chi connectivity index (χ0v) is 28.3. The van der Waals surface area contributed by atoms with Crippen LogP contribution in [0.1, 0.15) is 0 Å². The number of amides is 2. The van der Waals surface area contributed by atoms with Gasteiger partial charge < -0.3 is 61.6 Å². The highest BCUT2D eigenvalue weighted by atomic mass is 16.6. The molecule has 0 radical (unpaired) electrons. The van der Waals surface area contributed by atoms with E-state index in [0.29, 0.717) is 145 Å². The third kappa shape index (κ3) is 28.8. The lowest BCUT2D eigenvalue weighted by molar-refractivity contribution is -0.146. The van der Waals surface area contributed by atoms with Gasteiger partial charge in [-0.05, 0) is 0 Å². The first kappa shape index (κ1) is 43.9. The fourth-order valence-corrected chi connectivity index (χ4v) is 3.44. The van der Waals surface area contributed by atoms with Crippen LogP contribution < -0.4 is 0 Å². The van der Waals surface area contributed by atoms with Crippen molar-refractivity contribution < 1.29 is 76.0 Å². The normalized spacial score (nSPS) is 12.9. The molecule has 0 saturated carbocycles. The van der Waals surface area contributed by atoms with E-state index in [0.717, 1.165) is 4.90 Å². The fourth-order valence-electron chi connectivity index (χ4n) is 3.44. The second-order valence-electron chi connectivity index (χ2n) is 9.53. The number of ether oxygens (including phenoxy) is 13. The van der Waals surface area contributed by atoms with Gasteiger partial charge in [0.2, 0.25) is 0 Å². The van der Waals surface area contributed by atoms with E-state index in [1.54, 1.807) is 0 Å². The van der Waals surface area contributed by atoms with Gasteiger partial charge in [-0.25, -0.2) is 4.79 Å². The summed E-state index contributed by atoms with van der Waals surface area (Å²) in [6.07, 6.45) is 2.50. The summed E-state index contributed by atoms with van der Waals surface area (Å²) in [5.74, 6) is -1.03. The lowest BCUT2D eigenvalue weighted by Crippen LogP contribution is -2.33. The van der Waals surface area contributed by atoms with Gasteiger partial charge in [0.15, 0.2) is 0 Å². The zero-order chi connectivity index (χ0) is 34.6. The van der Waals surface area contributed by atoms with Crippen LogP contribution in [0.25, 0.3) is 0 Å². The molecule has 0 aliphatic carbocycles. The van der Waals surface area contributed by atoms with Crippen molar-refractivity contribution >= 4 is 17.8 Å². The van der Waals surface area contributed by atoms with Crippen molar-refractivity contribution in [1.82, 2.24) is 4.90 Å². The molecule has 0 aromatic carbocycles. The molecule has 17 nitrogen and oxygen atoms in total. The first-order valence-electron chi connectivity index (χ1n) is 16.2. The minimum atomic E-state index is -0.414. The van der Waals surface area contributed by atoms with Crippen LogP contribution in [0, 0.1) is 0 Å². The number of methoxy groups -OCH3 is 1. The van der Waals surface area contributed by atoms with Crippen molar-refractivity contribution in [2.45, 2.75) is 0 Å². The Balaban J connectivity index is 1.62. The second-order valence-corrected chi connectivity index (χ2v) is 9.53. The van der Waals surface area contributed by atoms with Crippen LogP contribution >= 0.6 is 0 Å². The number of carbonyl (C=O) groups excluding carboxylic acids is 3. The molecular formula is C31H55NO16. The zero-order valence-electron chi connectivity index (χ0n) is 28.3. The summed E-state index contributed by atoms with van der Waals surface area (Å²) in [6.45, 7) is 10.3. The molecular weight excluding hydrogens is 642 g/mol. The molecule has 0 saturated heterocycles. The number of rotatable bonds is 38. The third-order valence-electron chi connectivity index (χ3n) is 5.90. The Kier molecular flexibility index (Phi) is 31.8. The van der Waals surface area contributed by atoms with E-state index < -0.39 is 5.97 Å². The van der Waals surface area contributed by atoms with Crippen molar-refractivity contribution in [2.75, 3.05) is 172 Å². The number of nitrogens with zero attached hydrogens (tertiary/aromatic N) is 1. The largest absolute Gasteiger partial charge is 0.467 e. The molecule has 48 heavy (non-hydrogen) atoms. The molecule has 0 aromatic heterocycles. The van der Waals surface area contributed by atoms with Gasteiger partial charge in [-0.15, -0.1) is 0 Å². The van der Waals surface area contributed by atoms with E-state index in [9.17, 15) is 14.4 Å². The topological polar surface area (TPSA) is 174 Å². The van der Waals surface area contributed by atoms with Crippen LogP contribution in [-0.4, -0.2) is 195 Å². The van der Waals surface area contributed by atoms with Gasteiger partial charge in [0.25, 0.3) is 11.8 Å². The van der Waals surface area contributed by atoms with Crippen LogP contribution in [0.3, 0.4) is 0 Å². The van der Waals surface area contributed by atoms with Crippen molar-refractivity contribution in [3.8, 4) is 0 Å². The minimum absolute atomic E-state index is 0.0769. The standard InChI is InChI=1S/C31H55NO16/c1-36-31(35)28-48-27-26-47-25-24-46-23-22-45-21-20-44-19-18-43-17-16-42-15-14-41-13-12-40-11-10-39-9-8-38-7-6-37-5-4-32-29(33)2-3-30(32)34/h2-3H,4-28H2,1H3. The average molecular weight is 698 g/mol. The van der Waals surface area contributed by atoms with Crippen molar-refractivity contribution in [2.24, 2.45) is 0 Å². The van der Waals surface area contributed by atoms with Crippen molar-refractivity contribution in [3.63, 3.8) is 0 Å². The molecule has 1 aliphatic heterocycles. The molecule has 1 rings (SSSR count). The van der Waals surface area contributed by atoms with Gasteiger partial charge in [0, 0.05) is 12.2 Å². The summed E-state index contributed by atoms with van der Waals surface area (Å²) in [7, 11) is 1.31. The molecule has 2 amide bonds. The Labute approximate surface area is 283 Å². The predicted molar refractivity (Wildman–Crippen MR) is 168 cm³/mol. The van der Waals surface area contributed by atoms with E-state index in [1.807, 2.05) is 0 Å². The maximum atomic E-state index is 11.4. The Bertz CT molecular complexity index is 784. The molecule has 280 valence electrons. The Morgan fingerprint density at radius 1 is 0.417 bits per heavy atom. The third-order valence-corrected chi connectivity index (χ3v) is 5.90. The van der Waals surface area contributed by atoms with E-state index in [4.69, 9.17) is 56.8 Å². The molecule has 0 atom stereocenters. The van der Waals surface area contributed by atoms with E-state index in [-0.39, 0.29) is 31.6 Å². The van der Waals surface area contributed by atoms with Crippen LogP contribution in [0.4, 0.5) is 0 Å². The maximum absolute atomic E-state index is 11.4. The van der Waals surface area contributed by atoms with Gasteiger partial charge in [-0.3, -0.25) is 14.5 Å². The number of esters is 1. The van der Waals surface area contributed by atoms with Crippen LogP contribution in [0.2, 0.25) is 0 Å². The predicted octanol–water partition coefficient (Wildman–Crippen LogP) is -0.716. The van der Waals surface area contributed by atoms with Crippen LogP contribution in [0.15, 0.2) is 12.2 Å². The smallest absolute Gasteiger partial charge is 0.331 e.